The predicted molar refractivity (Wildman–Crippen MR) is 110 cm³/mol. The molecule has 1 aliphatic rings. The van der Waals surface area contributed by atoms with E-state index in [0.29, 0.717) is 5.92 Å². The van der Waals surface area contributed by atoms with Gasteiger partial charge in [-0.15, -0.1) is 0 Å². The van der Waals surface area contributed by atoms with Gasteiger partial charge in [0.2, 0.25) is 5.91 Å². The van der Waals surface area contributed by atoms with Crippen LogP contribution in [0.2, 0.25) is 0 Å². The van der Waals surface area contributed by atoms with E-state index in [1.807, 2.05) is 28.6 Å². The van der Waals surface area contributed by atoms with Gasteiger partial charge in [0, 0.05) is 6.54 Å². The van der Waals surface area contributed by atoms with Crippen LogP contribution in [0.15, 0.2) is 22.7 Å². The first-order chi connectivity index (χ1) is 12.8. The van der Waals surface area contributed by atoms with Crippen molar-refractivity contribution in [1.82, 2.24) is 14.7 Å². The number of nitrogens with zero attached hydrogens (tertiary/aromatic N) is 3. The molecule has 0 spiro atoms. The van der Waals surface area contributed by atoms with Crippen LogP contribution in [0.1, 0.15) is 61.2 Å². The number of aromatic nitrogens is 2. The van der Waals surface area contributed by atoms with Crippen molar-refractivity contribution in [2.45, 2.75) is 59.0 Å². The van der Waals surface area contributed by atoms with E-state index in [-0.39, 0.29) is 18.5 Å². The normalized spacial score (nSPS) is 17.0. The monoisotopic (exact) mass is 433 g/mol. The van der Waals surface area contributed by atoms with Crippen LogP contribution in [0.4, 0.5) is 0 Å². The van der Waals surface area contributed by atoms with Crippen molar-refractivity contribution in [1.29, 1.82) is 0 Å². The van der Waals surface area contributed by atoms with Crippen LogP contribution in [0, 0.1) is 13.8 Å². The van der Waals surface area contributed by atoms with Crippen molar-refractivity contribution in [2.75, 3.05) is 13.7 Å². The second-order valence-corrected chi connectivity index (χ2v) is 8.31. The largest absolute Gasteiger partial charge is 0.496 e. The number of likely N-dealkylation sites (tertiary alicyclic amines) is 1. The van der Waals surface area contributed by atoms with Crippen molar-refractivity contribution >= 4 is 21.8 Å². The fraction of sp³-hybridized carbons (Fsp3) is 0.524. The van der Waals surface area contributed by atoms with Crippen LogP contribution >= 0.6 is 15.9 Å². The Morgan fingerprint density at radius 1 is 1.37 bits per heavy atom. The van der Waals surface area contributed by atoms with Crippen LogP contribution in [0.25, 0.3) is 0 Å². The lowest BCUT2D eigenvalue weighted by Gasteiger charge is -2.27. The number of methoxy groups -OCH3 is 1. The van der Waals surface area contributed by atoms with Gasteiger partial charge in [-0.1, -0.05) is 26.0 Å². The first-order valence-corrected chi connectivity index (χ1v) is 10.3. The Morgan fingerprint density at radius 2 is 2.11 bits per heavy atom. The smallest absolute Gasteiger partial charge is 0.244 e. The average molecular weight is 434 g/mol. The molecule has 27 heavy (non-hydrogen) atoms. The topological polar surface area (TPSA) is 47.4 Å². The predicted octanol–water partition coefficient (Wildman–Crippen LogP) is 4.76. The highest BCUT2D eigenvalue weighted by molar-refractivity contribution is 9.10. The molecule has 0 aliphatic carbocycles. The molecular weight excluding hydrogens is 406 g/mol. The summed E-state index contributed by atoms with van der Waals surface area (Å²) in [5.74, 6) is 1.31. The highest BCUT2D eigenvalue weighted by Gasteiger charge is 2.32. The quantitative estimate of drug-likeness (QED) is 0.682. The third-order valence-corrected chi connectivity index (χ3v) is 6.45. The van der Waals surface area contributed by atoms with Gasteiger partial charge in [0.05, 0.1) is 29.0 Å². The zero-order valence-corrected chi connectivity index (χ0v) is 18.3. The number of rotatable bonds is 5. The highest BCUT2D eigenvalue weighted by atomic mass is 79.9. The summed E-state index contributed by atoms with van der Waals surface area (Å²) in [4.78, 5) is 15.1. The minimum atomic E-state index is 0.108. The van der Waals surface area contributed by atoms with Crippen LogP contribution < -0.4 is 4.74 Å². The first kappa shape index (κ1) is 19.9. The van der Waals surface area contributed by atoms with Crippen LogP contribution in [-0.2, 0) is 11.3 Å². The Bertz CT molecular complexity index is 844. The van der Waals surface area contributed by atoms with Crippen LogP contribution in [0.3, 0.4) is 0 Å². The van der Waals surface area contributed by atoms with E-state index >= 15 is 0 Å². The summed E-state index contributed by atoms with van der Waals surface area (Å²) in [7, 11) is 1.69. The molecule has 1 aliphatic heterocycles. The van der Waals surface area contributed by atoms with E-state index in [9.17, 15) is 4.79 Å². The van der Waals surface area contributed by atoms with E-state index in [1.165, 1.54) is 5.56 Å². The van der Waals surface area contributed by atoms with Gasteiger partial charge >= 0.3 is 0 Å². The molecule has 0 bridgehead atoms. The average Bonchev–Trinajstić information content (AvgIpc) is 3.22. The lowest BCUT2D eigenvalue weighted by Crippen LogP contribution is -2.34. The SMILES string of the molecule is COc1cccc([C@@H]2CCCN2C(=O)Cn2nc(C(C)C)c(Br)c2C)c1C. The highest BCUT2D eigenvalue weighted by Crippen LogP contribution is 2.36. The number of ether oxygens (including phenoxy) is 1. The molecule has 1 amide bonds. The first-order valence-electron chi connectivity index (χ1n) is 9.50. The number of carbonyl (C=O) groups excluding carboxylic acids is 1. The maximum absolute atomic E-state index is 13.1. The summed E-state index contributed by atoms with van der Waals surface area (Å²) >= 11 is 3.63. The fourth-order valence-electron chi connectivity index (χ4n) is 3.89. The van der Waals surface area contributed by atoms with Crippen molar-refractivity contribution in [3.63, 3.8) is 0 Å². The van der Waals surface area contributed by atoms with Crippen LogP contribution in [0.5, 0.6) is 5.75 Å². The molecule has 2 aromatic rings. The molecule has 2 heterocycles. The molecule has 3 rings (SSSR count). The van der Waals surface area contributed by atoms with Gasteiger partial charge in [-0.3, -0.25) is 9.48 Å². The number of benzene rings is 1. The van der Waals surface area contributed by atoms with Crippen molar-refractivity contribution in [2.24, 2.45) is 0 Å². The van der Waals surface area contributed by atoms with Crippen LogP contribution in [-0.4, -0.2) is 34.2 Å². The summed E-state index contributed by atoms with van der Waals surface area (Å²) in [6.45, 7) is 9.36. The zero-order valence-electron chi connectivity index (χ0n) is 16.8. The molecular formula is C21H28BrN3O2. The van der Waals surface area contributed by atoms with Gasteiger partial charge in [-0.05, 0) is 65.7 Å². The summed E-state index contributed by atoms with van der Waals surface area (Å²) in [6.07, 6.45) is 2.00. The standard InChI is InChI=1S/C21H28BrN3O2/c1-13(2)21-20(22)15(4)25(23-21)12-19(26)24-11-7-9-17(24)16-8-6-10-18(27-5)14(16)3/h6,8,10,13,17H,7,9,11-12H2,1-5H3/t17-/m0/s1. The van der Waals surface area contributed by atoms with E-state index in [4.69, 9.17) is 4.74 Å². The fourth-order valence-corrected chi connectivity index (χ4v) is 4.63. The number of hydrogen-bond donors (Lipinski definition) is 0. The molecule has 6 heteroatoms. The molecule has 0 saturated carbocycles. The molecule has 1 atom stereocenters. The van der Waals surface area contributed by atoms with Crippen molar-refractivity contribution < 1.29 is 9.53 Å². The minimum absolute atomic E-state index is 0.108. The molecule has 1 saturated heterocycles. The third kappa shape index (κ3) is 3.77. The number of carbonyl (C=O) groups is 1. The number of hydrogen-bond acceptors (Lipinski definition) is 3. The van der Waals surface area contributed by atoms with E-state index in [0.717, 1.165) is 46.6 Å². The summed E-state index contributed by atoms with van der Waals surface area (Å²) in [5, 5.41) is 4.67. The number of amides is 1. The van der Waals surface area contributed by atoms with Crippen molar-refractivity contribution in [3.8, 4) is 5.75 Å². The molecule has 1 aromatic carbocycles. The van der Waals surface area contributed by atoms with E-state index < -0.39 is 0 Å². The zero-order chi connectivity index (χ0) is 19.7. The molecule has 1 fully saturated rings. The number of halogens is 1. The Hall–Kier alpha value is -1.82. The second-order valence-electron chi connectivity index (χ2n) is 7.52. The van der Waals surface area contributed by atoms with Gasteiger partial charge < -0.3 is 9.64 Å². The maximum atomic E-state index is 13.1. The third-order valence-electron chi connectivity index (χ3n) is 5.47. The summed E-state index contributed by atoms with van der Waals surface area (Å²) < 4.78 is 8.30. The molecule has 0 N–H and O–H groups in total. The van der Waals surface area contributed by atoms with E-state index in [1.54, 1.807) is 7.11 Å². The minimum Gasteiger partial charge on any atom is -0.496 e. The Labute approximate surface area is 169 Å². The molecule has 0 radical (unpaired) electrons. The molecule has 5 nitrogen and oxygen atoms in total. The Balaban J connectivity index is 1.84. The van der Waals surface area contributed by atoms with Gasteiger partial charge in [0.15, 0.2) is 0 Å². The second kappa shape index (κ2) is 8.05. The van der Waals surface area contributed by atoms with Gasteiger partial charge in [-0.2, -0.15) is 5.10 Å². The molecule has 1 aromatic heterocycles. The lowest BCUT2D eigenvalue weighted by atomic mass is 9.98. The molecule has 146 valence electrons. The van der Waals surface area contributed by atoms with Gasteiger partial charge in [0.1, 0.15) is 12.3 Å². The summed E-state index contributed by atoms with van der Waals surface area (Å²) in [5.41, 5.74) is 4.30. The maximum Gasteiger partial charge on any atom is 0.244 e. The lowest BCUT2D eigenvalue weighted by molar-refractivity contribution is -0.133. The Kier molecular flexibility index (Phi) is 5.94. The van der Waals surface area contributed by atoms with Gasteiger partial charge in [0.25, 0.3) is 0 Å². The Morgan fingerprint density at radius 3 is 2.74 bits per heavy atom. The van der Waals surface area contributed by atoms with Gasteiger partial charge in [-0.25, -0.2) is 0 Å². The molecule has 0 unspecified atom stereocenters. The van der Waals surface area contributed by atoms with E-state index in [2.05, 4.69) is 47.9 Å². The summed E-state index contributed by atoms with van der Waals surface area (Å²) in [6, 6.07) is 6.20. The van der Waals surface area contributed by atoms with Crippen molar-refractivity contribution in [3.05, 3.63) is 45.2 Å².